The van der Waals surface area contributed by atoms with Gasteiger partial charge in [0.05, 0.1) is 7.11 Å². The monoisotopic (exact) mass is 294 g/mol. The van der Waals surface area contributed by atoms with E-state index in [1.165, 1.54) is 13.2 Å². The second kappa shape index (κ2) is 6.67. The molecule has 1 heterocycles. The zero-order valence-electron chi connectivity index (χ0n) is 11.9. The fourth-order valence-electron chi connectivity index (χ4n) is 2.43. The Balaban J connectivity index is 2.05. The van der Waals surface area contributed by atoms with Crippen molar-refractivity contribution in [1.82, 2.24) is 0 Å². The van der Waals surface area contributed by atoms with E-state index in [9.17, 15) is 14.0 Å². The van der Waals surface area contributed by atoms with Gasteiger partial charge in [0, 0.05) is 30.1 Å². The summed E-state index contributed by atoms with van der Waals surface area (Å²) in [5, 5.41) is 2.65. The van der Waals surface area contributed by atoms with E-state index in [2.05, 4.69) is 10.1 Å². The first kappa shape index (κ1) is 15.4. The molecule has 114 valence electrons. The van der Waals surface area contributed by atoms with Crippen LogP contribution in [0.5, 0.6) is 0 Å². The van der Waals surface area contributed by atoms with Crippen molar-refractivity contribution in [3.05, 3.63) is 29.1 Å². The lowest BCUT2D eigenvalue weighted by molar-refractivity contribution is -0.140. The first-order chi connectivity index (χ1) is 10.0. The van der Waals surface area contributed by atoms with Gasteiger partial charge >= 0.3 is 5.97 Å². The first-order valence-corrected chi connectivity index (χ1v) is 6.96. The number of nitrogens with one attached hydrogen (secondary N) is 1. The van der Waals surface area contributed by atoms with Crippen molar-refractivity contribution < 1.29 is 18.7 Å². The summed E-state index contributed by atoms with van der Waals surface area (Å²) in [6.45, 7) is 0. The van der Waals surface area contributed by atoms with Crippen molar-refractivity contribution >= 4 is 17.6 Å². The Kier molecular flexibility index (Phi) is 4.90. The predicted molar refractivity (Wildman–Crippen MR) is 76.1 cm³/mol. The van der Waals surface area contributed by atoms with Crippen LogP contribution in [0.15, 0.2) is 12.1 Å². The summed E-state index contributed by atoms with van der Waals surface area (Å²) in [4.78, 5) is 22.3. The van der Waals surface area contributed by atoms with E-state index >= 15 is 0 Å². The summed E-state index contributed by atoms with van der Waals surface area (Å²) in [6.07, 6.45) is 2.30. The zero-order chi connectivity index (χ0) is 15.4. The number of rotatable bonds is 5. The van der Waals surface area contributed by atoms with Crippen LogP contribution in [0.2, 0.25) is 0 Å². The van der Waals surface area contributed by atoms with E-state index in [4.69, 9.17) is 5.73 Å². The van der Waals surface area contributed by atoms with Gasteiger partial charge in [0.25, 0.3) is 0 Å². The minimum Gasteiger partial charge on any atom is -0.469 e. The summed E-state index contributed by atoms with van der Waals surface area (Å²) >= 11 is 0. The number of hydrogen-bond donors (Lipinski definition) is 2. The van der Waals surface area contributed by atoms with Crippen molar-refractivity contribution in [2.24, 2.45) is 5.73 Å². The molecule has 3 N–H and O–H groups in total. The number of fused-ring (bicyclic) bond motifs is 1. The average molecular weight is 294 g/mol. The van der Waals surface area contributed by atoms with Crippen LogP contribution in [0.4, 0.5) is 10.1 Å². The summed E-state index contributed by atoms with van der Waals surface area (Å²) in [6, 6.07) is 2.56. The van der Waals surface area contributed by atoms with Crippen molar-refractivity contribution in [3.8, 4) is 0 Å². The quantitative estimate of drug-likeness (QED) is 0.814. The van der Waals surface area contributed by atoms with Gasteiger partial charge in [-0.15, -0.1) is 0 Å². The molecule has 1 atom stereocenters. The standard InChI is InChI=1S/C15H19FN2O3/c1-21-15(20)4-2-3-12(17)10-7-9-5-6-14(19)18-13(9)8-11(10)16/h7-8,12H,2-6,17H2,1H3,(H,18,19). The van der Waals surface area contributed by atoms with Gasteiger partial charge in [-0.1, -0.05) is 0 Å². The molecule has 1 aliphatic heterocycles. The number of methoxy groups -OCH3 is 1. The van der Waals surface area contributed by atoms with Gasteiger partial charge in [0.1, 0.15) is 5.82 Å². The highest BCUT2D eigenvalue weighted by atomic mass is 19.1. The minimum absolute atomic E-state index is 0.1000. The Bertz CT molecular complexity index is 560. The molecule has 0 aromatic heterocycles. The summed E-state index contributed by atoms with van der Waals surface area (Å²) < 4.78 is 18.6. The van der Waals surface area contributed by atoms with E-state index < -0.39 is 11.9 Å². The lowest BCUT2D eigenvalue weighted by Gasteiger charge is -2.20. The van der Waals surface area contributed by atoms with Crippen LogP contribution in [0.1, 0.15) is 42.9 Å². The van der Waals surface area contributed by atoms with Crippen LogP contribution in [0.3, 0.4) is 0 Å². The van der Waals surface area contributed by atoms with Crippen LogP contribution < -0.4 is 11.1 Å². The van der Waals surface area contributed by atoms with Gasteiger partial charge in [0.2, 0.25) is 5.91 Å². The lowest BCUT2D eigenvalue weighted by atomic mass is 9.95. The van der Waals surface area contributed by atoms with Crippen LogP contribution in [-0.4, -0.2) is 19.0 Å². The SMILES string of the molecule is COC(=O)CCCC(N)c1cc2c(cc1F)NC(=O)CC2. The van der Waals surface area contributed by atoms with Crippen molar-refractivity contribution in [2.45, 2.75) is 38.1 Å². The molecule has 1 aromatic rings. The third kappa shape index (κ3) is 3.78. The van der Waals surface area contributed by atoms with Crippen molar-refractivity contribution in [1.29, 1.82) is 0 Å². The number of esters is 1. The molecule has 1 unspecified atom stereocenters. The smallest absolute Gasteiger partial charge is 0.305 e. The maximum atomic E-state index is 14.1. The highest BCUT2D eigenvalue weighted by Crippen LogP contribution is 2.29. The minimum atomic E-state index is -0.474. The number of amides is 1. The molecule has 0 saturated heterocycles. The van der Waals surface area contributed by atoms with Gasteiger partial charge in [-0.25, -0.2) is 4.39 Å². The van der Waals surface area contributed by atoms with Crippen LogP contribution in [-0.2, 0) is 20.7 Å². The number of carbonyl (C=O) groups is 2. The molecular weight excluding hydrogens is 275 g/mol. The van der Waals surface area contributed by atoms with Gasteiger partial charge in [-0.05, 0) is 37.0 Å². The molecule has 0 radical (unpaired) electrons. The average Bonchev–Trinajstić information content (AvgIpc) is 2.45. The molecule has 5 nitrogen and oxygen atoms in total. The van der Waals surface area contributed by atoms with E-state index in [-0.39, 0.29) is 18.3 Å². The normalized spacial score (nSPS) is 15.1. The largest absolute Gasteiger partial charge is 0.469 e. The van der Waals surface area contributed by atoms with Gasteiger partial charge in [-0.2, -0.15) is 0 Å². The van der Waals surface area contributed by atoms with Gasteiger partial charge in [-0.3, -0.25) is 9.59 Å². The number of aryl methyl sites for hydroxylation is 1. The maximum Gasteiger partial charge on any atom is 0.305 e. The highest BCUT2D eigenvalue weighted by molar-refractivity contribution is 5.93. The molecular formula is C15H19FN2O3. The Hall–Kier alpha value is -1.95. The fraction of sp³-hybridized carbons (Fsp3) is 0.467. The third-order valence-corrected chi connectivity index (χ3v) is 3.64. The second-order valence-electron chi connectivity index (χ2n) is 5.15. The van der Waals surface area contributed by atoms with E-state index in [0.717, 1.165) is 5.56 Å². The molecule has 0 spiro atoms. The predicted octanol–water partition coefficient (Wildman–Crippen LogP) is 2.05. The molecule has 6 heteroatoms. The van der Waals surface area contributed by atoms with Crippen molar-refractivity contribution in [3.63, 3.8) is 0 Å². The Morgan fingerprint density at radius 1 is 1.48 bits per heavy atom. The zero-order valence-corrected chi connectivity index (χ0v) is 11.9. The van der Waals surface area contributed by atoms with Crippen LogP contribution in [0.25, 0.3) is 0 Å². The number of carbonyl (C=O) groups excluding carboxylic acids is 2. The number of anilines is 1. The maximum absolute atomic E-state index is 14.1. The number of hydrogen-bond acceptors (Lipinski definition) is 4. The summed E-state index contributed by atoms with van der Waals surface area (Å²) in [5.41, 5.74) is 7.85. The van der Waals surface area contributed by atoms with Gasteiger partial charge < -0.3 is 15.8 Å². The Morgan fingerprint density at radius 3 is 2.95 bits per heavy atom. The Morgan fingerprint density at radius 2 is 2.24 bits per heavy atom. The number of halogens is 1. The summed E-state index contributed by atoms with van der Waals surface area (Å²) in [5.74, 6) is -0.825. The second-order valence-corrected chi connectivity index (χ2v) is 5.15. The molecule has 0 fully saturated rings. The van der Waals surface area contributed by atoms with E-state index in [1.807, 2.05) is 0 Å². The lowest BCUT2D eigenvalue weighted by Crippen LogP contribution is -2.21. The topological polar surface area (TPSA) is 81.4 Å². The molecule has 0 saturated carbocycles. The Labute approximate surface area is 122 Å². The summed E-state index contributed by atoms with van der Waals surface area (Å²) in [7, 11) is 1.33. The van der Waals surface area contributed by atoms with E-state index in [0.29, 0.717) is 36.9 Å². The van der Waals surface area contributed by atoms with Crippen LogP contribution >= 0.6 is 0 Å². The number of benzene rings is 1. The molecule has 1 amide bonds. The molecule has 0 aliphatic carbocycles. The number of ether oxygens (including phenoxy) is 1. The molecule has 1 aliphatic rings. The first-order valence-electron chi connectivity index (χ1n) is 6.96. The van der Waals surface area contributed by atoms with Gasteiger partial charge in [0.15, 0.2) is 0 Å². The van der Waals surface area contributed by atoms with E-state index in [1.54, 1.807) is 6.07 Å². The highest BCUT2D eigenvalue weighted by Gasteiger charge is 2.20. The third-order valence-electron chi connectivity index (χ3n) is 3.64. The molecule has 1 aromatic carbocycles. The van der Waals surface area contributed by atoms with Crippen molar-refractivity contribution in [2.75, 3.05) is 12.4 Å². The van der Waals surface area contributed by atoms with Crippen LogP contribution in [0, 0.1) is 5.82 Å². The fourth-order valence-corrected chi connectivity index (χ4v) is 2.43. The molecule has 21 heavy (non-hydrogen) atoms. The number of nitrogens with two attached hydrogens (primary N) is 1. The molecule has 2 rings (SSSR count). The molecule has 0 bridgehead atoms.